The summed E-state index contributed by atoms with van der Waals surface area (Å²) in [6.45, 7) is 4.29. The van der Waals surface area contributed by atoms with Crippen LogP contribution in [0.15, 0.2) is 16.8 Å². The number of carbonyl (C=O) groups is 2. The van der Waals surface area contributed by atoms with Crippen LogP contribution in [0.2, 0.25) is 0 Å². The lowest BCUT2D eigenvalue weighted by atomic mass is 9.85. The van der Waals surface area contributed by atoms with Gasteiger partial charge in [-0.2, -0.15) is 16.4 Å². The lowest BCUT2D eigenvalue weighted by Gasteiger charge is -2.39. The predicted octanol–water partition coefficient (Wildman–Crippen LogP) is 2.66. The number of carboxylic acid groups (broad SMARTS) is 1. The zero-order chi connectivity index (χ0) is 17.4. The van der Waals surface area contributed by atoms with E-state index in [2.05, 4.69) is 5.10 Å². The smallest absolute Gasteiger partial charge is 0.308 e. The maximum atomic E-state index is 12.6. The molecule has 1 aliphatic heterocycles. The van der Waals surface area contributed by atoms with E-state index in [1.165, 1.54) is 11.3 Å². The van der Waals surface area contributed by atoms with Gasteiger partial charge in [-0.3, -0.25) is 14.3 Å². The number of rotatable bonds is 4. The second kappa shape index (κ2) is 6.39. The maximum absolute atomic E-state index is 12.6. The molecule has 7 heteroatoms. The van der Waals surface area contributed by atoms with Crippen molar-refractivity contribution in [1.82, 2.24) is 14.7 Å². The number of nitrogens with zero attached hydrogens (tertiary/aromatic N) is 3. The van der Waals surface area contributed by atoms with Gasteiger partial charge in [0.25, 0.3) is 0 Å². The summed E-state index contributed by atoms with van der Waals surface area (Å²) < 4.78 is 1.80. The summed E-state index contributed by atoms with van der Waals surface area (Å²) in [6, 6.07) is 1.49. The first-order chi connectivity index (χ1) is 11.4. The van der Waals surface area contributed by atoms with E-state index in [1.807, 2.05) is 37.7 Å². The first-order valence-electron chi connectivity index (χ1n) is 7.93. The number of carbonyl (C=O) groups excluding carboxylic acids is 1. The van der Waals surface area contributed by atoms with Crippen molar-refractivity contribution in [2.75, 3.05) is 0 Å². The van der Waals surface area contributed by atoms with Gasteiger partial charge in [0, 0.05) is 31.3 Å². The van der Waals surface area contributed by atoms with Gasteiger partial charge in [0.05, 0.1) is 17.7 Å². The summed E-state index contributed by atoms with van der Waals surface area (Å²) in [5.74, 6) is -1.41. The van der Waals surface area contributed by atoms with Crippen molar-refractivity contribution in [1.29, 1.82) is 0 Å². The highest BCUT2D eigenvalue weighted by Gasteiger charge is 2.41. The Hall–Kier alpha value is -2.15. The summed E-state index contributed by atoms with van der Waals surface area (Å²) in [7, 11) is 1.88. The molecule has 2 aromatic rings. The molecular formula is C17H21N3O3S. The van der Waals surface area contributed by atoms with Crippen LogP contribution in [-0.4, -0.2) is 31.7 Å². The number of carboxylic acids is 1. The van der Waals surface area contributed by atoms with Crippen molar-refractivity contribution < 1.29 is 14.7 Å². The molecule has 0 aromatic carbocycles. The van der Waals surface area contributed by atoms with Gasteiger partial charge in [0.2, 0.25) is 5.91 Å². The zero-order valence-corrected chi connectivity index (χ0v) is 14.8. The number of amides is 1. The van der Waals surface area contributed by atoms with Crippen LogP contribution in [0.3, 0.4) is 0 Å². The Morgan fingerprint density at radius 2 is 2.21 bits per heavy atom. The number of aryl methyl sites for hydroxylation is 2. The van der Waals surface area contributed by atoms with Crippen LogP contribution in [0.5, 0.6) is 0 Å². The van der Waals surface area contributed by atoms with Gasteiger partial charge in [-0.15, -0.1) is 0 Å². The zero-order valence-electron chi connectivity index (χ0n) is 14.0. The summed E-state index contributed by atoms with van der Waals surface area (Å²) in [5.41, 5.74) is 3.78. The van der Waals surface area contributed by atoms with Crippen LogP contribution in [-0.2, 0) is 23.2 Å². The van der Waals surface area contributed by atoms with Crippen molar-refractivity contribution in [3.8, 4) is 0 Å². The molecule has 1 aliphatic rings. The number of aliphatic carboxylic acids is 1. The Labute approximate surface area is 144 Å². The molecule has 0 spiro atoms. The number of piperidine rings is 1. The van der Waals surface area contributed by atoms with Gasteiger partial charge in [-0.1, -0.05) is 0 Å². The van der Waals surface area contributed by atoms with Crippen LogP contribution >= 0.6 is 11.3 Å². The van der Waals surface area contributed by atoms with E-state index in [1.54, 1.807) is 9.58 Å². The minimum absolute atomic E-state index is 0.00588. The number of likely N-dealkylation sites (tertiary alicyclic amines) is 1. The van der Waals surface area contributed by atoms with E-state index in [4.69, 9.17) is 0 Å². The molecule has 0 saturated carbocycles. The number of thiophene rings is 1. The molecule has 128 valence electrons. The third-order valence-electron chi connectivity index (χ3n) is 4.90. The van der Waals surface area contributed by atoms with Crippen molar-refractivity contribution in [2.24, 2.45) is 13.0 Å². The molecule has 0 bridgehead atoms. The molecule has 2 atom stereocenters. The Balaban J connectivity index is 2.01. The van der Waals surface area contributed by atoms with Gasteiger partial charge < -0.3 is 10.0 Å². The average molecular weight is 347 g/mol. The molecule has 1 fully saturated rings. The highest BCUT2D eigenvalue weighted by molar-refractivity contribution is 7.08. The number of aromatic nitrogens is 2. The Kier molecular flexibility index (Phi) is 4.45. The molecule has 6 nitrogen and oxygen atoms in total. The van der Waals surface area contributed by atoms with E-state index >= 15 is 0 Å². The maximum Gasteiger partial charge on any atom is 0.308 e. The molecule has 1 N–H and O–H groups in total. The molecular weight excluding hydrogens is 326 g/mol. The molecule has 3 heterocycles. The van der Waals surface area contributed by atoms with Gasteiger partial charge >= 0.3 is 5.97 Å². The van der Waals surface area contributed by atoms with Gasteiger partial charge in [0.15, 0.2) is 0 Å². The molecule has 3 rings (SSSR count). The van der Waals surface area contributed by atoms with E-state index in [-0.39, 0.29) is 12.3 Å². The summed E-state index contributed by atoms with van der Waals surface area (Å²) in [5, 5.41) is 17.9. The largest absolute Gasteiger partial charge is 0.481 e. The van der Waals surface area contributed by atoms with Crippen LogP contribution in [0.25, 0.3) is 0 Å². The number of hydrogen-bond donors (Lipinski definition) is 1. The molecule has 2 aromatic heterocycles. The Morgan fingerprint density at radius 1 is 1.46 bits per heavy atom. The Morgan fingerprint density at radius 3 is 2.75 bits per heavy atom. The summed E-state index contributed by atoms with van der Waals surface area (Å²) in [4.78, 5) is 26.1. The Bertz CT molecular complexity index is 766. The van der Waals surface area contributed by atoms with Crippen molar-refractivity contribution >= 4 is 23.2 Å². The molecule has 24 heavy (non-hydrogen) atoms. The van der Waals surface area contributed by atoms with Crippen molar-refractivity contribution in [3.63, 3.8) is 0 Å². The summed E-state index contributed by atoms with van der Waals surface area (Å²) >= 11 is 1.52. The van der Waals surface area contributed by atoms with Crippen LogP contribution < -0.4 is 0 Å². The third kappa shape index (κ3) is 2.84. The van der Waals surface area contributed by atoms with E-state index in [0.717, 1.165) is 22.5 Å². The quantitative estimate of drug-likeness (QED) is 0.922. The average Bonchev–Trinajstić information content (AvgIpc) is 3.13. The van der Waals surface area contributed by atoms with Gasteiger partial charge in [0.1, 0.15) is 0 Å². The van der Waals surface area contributed by atoms with Gasteiger partial charge in [-0.05, 0) is 42.7 Å². The topological polar surface area (TPSA) is 75.4 Å². The summed E-state index contributed by atoms with van der Waals surface area (Å²) in [6.07, 6.45) is 0.659. The predicted molar refractivity (Wildman–Crippen MR) is 90.7 cm³/mol. The first kappa shape index (κ1) is 16.7. The second-order valence-corrected chi connectivity index (χ2v) is 7.06. The minimum atomic E-state index is -0.844. The highest BCUT2D eigenvalue weighted by Crippen LogP contribution is 2.39. The fourth-order valence-electron chi connectivity index (χ4n) is 3.47. The fraction of sp³-hybridized carbons (Fsp3) is 0.471. The lowest BCUT2D eigenvalue weighted by molar-refractivity contribution is -0.152. The first-order valence-corrected chi connectivity index (χ1v) is 8.88. The van der Waals surface area contributed by atoms with Crippen LogP contribution in [0.1, 0.15) is 41.4 Å². The third-order valence-corrected chi connectivity index (χ3v) is 5.60. The molecule has 0 radical (unpaired) electrons. The SMILES string of the molecule is Cc1nn(C)c(C)c1CN1C(=O)CC[C@H](C(=O)O)[C@H]1c1ccsc1. The fourth-order valence-corrected chi connectivity index (χ4v) is 4.16. The molecule has 1 amide bonds. The second-order valence-electron chi connectivity index (χ2n) is 6.28. The molecule has 0 unspecified atom stereocenters. The monoisotopic (exact) mass is 347 g/mol. The number of hydrogen-bond acceptors (Lipinski definition) is 4. The van der Waals surface area contributed by atoms with E-state index in [9.17, 15) is 14.7 Å². The molecule has 1 saturated heterocycles. The van der Waals surface area contributed by atoms with Gasteiger partial charge in [-0.25, -0.2) is 0 Å². The van der Waals surface area contributed by atoms with E-state index in [0.29, 0.717) is 13.0 Å². The van der Waals surface area contributed by atoms with Crippen LogP contribution in [0, 0.1) is 19.8 Å². The van der Waals surface area contributed by atoms with Crippen molar-refractivity contribution in [3.05, 3.63) is 39.3 Å². The van der Waals surface area contributed by atoms with E-state index < -0.39 is 17.9 Å². The normalized spacial score (nSPS) is 21.3. The van der Waals surface area contributed by atoms with Crippen molar-refractivity contribution in [2.45, 2.75) is 39.3 Å². The highest BCUT2D eigenvalue weighted by atomic mass is 32.1. The lowest BCUT2D eigenvalue weighted by Crippen LogP contribution is -2.44. The molecule has 0 aliphatic carbocycles. The van der Waals surface area contributed by atoms with Crippen LogP contribution in [0.4, 0.5) is 0 Å². The minimum Gasteiger partial charge on any atom is -0.481 e. The standard InChI is InChI=1S/C17H21N3O3S/c1-10-14(11(2)19(3)18-10)8-20-15(21)5-4-13(17(22)23)16(20)12-6-7-24-9-12/h6-7,9,13,16H,4-5,8H2,1-3H3,(H,22,23)/t13-,16+/m0/s1.